The molecule has 0 aliphatic carbocycles. The first-order valence-corrected chi connectivity index (χ1v) is 6.98. The third kappa shape index (κ3) is 4.08. The smallest absolute Gasteiger partial charge is 0.282 e. The van der Waals surface area contributed by atoms with Crippen molar-refractivity contribution >= 4 is 45.1 Å². The summed E-state index contributed by atoms with van der Waals surface area (Å²) in [6.45, 7) is 2.89. The Labute approximate surface area is 118 Å². The summed E-state index contributed by atoms with van der Waals surface area (Å²) < 4.78 is 61.8. The number of aryl methyl sites for hydroxylation is 1. The van der Waals surface area contributed by atoms with Crippen LogP contribution in [0.4, 0.5) is 0 Å². The predicted molar refractivity (Wildman–Crippen MR) is 70.0 cm³/mol. The normalized spacial score (nSPS) is 11.3. The Morgan fingerprint density at radius 3 is 1.67 bits per heavy atom. The van der Waals surface area contributed by atoms with Crippen LogP contribution in [0.25, 0.3) is 0 Å². The van der Waals surface area contributed by atoms with Crippen LogP contribution in [0.5, 0.6) is 0 Å². The number of halogens is 2. The van der Waals surface area contributed by atoms with E-state index in [4.69, 9.17) is 9.11 Å². The van der Waals surface area contributed by atoms with Crippen molar-refractivity contribution in [1.29, 1.82) is 0 Å². The Morgan fingerprint density at radius 1 is 0.889 bits per heavy atom. The fraction of sp³-hybridized carbons (Fsp3) is 0.250. The summed E-state index contributed by atoms with van der Waals surface area (Å²) in [6.07, 6.45) is 0. The molecule has 0 spiro atoms. The lowest BCUT2D eigenvalue weighted by molar-refractivity contribution is 0.465. The van der Waals surface area contributed by atoms with Crippen LogP contribution in [0.2, 0.25) is 0 Å². The van der Waals surface area contributed by atoms with Gasteiger partial charge in [0.1, 0.15) is 9.79 Å². The lowest BCUT2D eigenvalue weighted by Crippen LogP contribution is -2.11. The summed E-state index contributed by atoms with van der Waals surface area (Å²) in [5.41, 5.74) is 0.567. The van der Waals surface area contributed by atoms with E-state index in [9.17, 15) is 16.8 Å². The van der Waals surface area contributed by atoms with Gasteiger partial charge < -0.3 is 0 Å². The van der Waals surface area contributed by atoms with Crippen molar-refractivity contribution < 1.29 is 25.9 Å². The minimum atomic E-state index is -4.71. The molecule has 6 nitrogen and oxygen atoms in total. The second-order valence-corrected chi connectivity index (χ2v) is 6.03. The van der Waals surface area contributed by atoms with Gasteiger partial charge in [-0.05, 0) is 31.0 Å². The first-order chi connectivity index (χ1) is 7.05. The zero-order valence-corrected chi connectivity index (χ0v) is 12.6. The summed E-state index contributed by atoms with van der Waals surface area (Å²) in [6, 6.07) is 2.27. The van der Waals surface area contributed by atoms with Gasteiger partial charge in [-0.2, -0.15) is 16.8 Å². The van der Waals surface area contributed by atoms with E-state index in [1.807, 2.05) is 0 Å². The molecule has 0 atom stereocenters. The highest BCUT2D eigenvalue weighted by molar-refractivity contribution is 7.89. The number of benzene rings is 1. The Balaban J connectivity index is 0. The maximum absolute atomic E-state index is 11.1. The standard InChI is InChI=1S/C8H10O6S2.2ClH/c1-5-3-4-7(15(9,10)11)8(6(5)2)16(12,13)14;;/h3-4H,1-2H3,(H,9,10,11)(H,12,13,14);2*1H. The molecule has 0 amide bonds. The maximum atomic E-state index is 11.1. The van der Waals surface area contributed by atoms with Crippen LogP contribution in [-0.4, -0.2) is 25.9 Å². The molecule has 18 heavy (non-hydrogen) atoms. The summed E-state index contributed by atoms with van der Waals surface area (Å²) in [7, 11) is -9.40. The van der Waals surface area contributed by atoms with Gasteiger partial charge in [-0.3, -0.25) is 9.11 Å². The molecule has 0 fully saturated rings. The van der Waals surface area contributed by atoms with Gasteiger partial charge in [-0.15, -0.1) is 24.8 Å². The Bertz CT molecular complexity index is 636. The van der Waals surface area contributed by atoms with Crippen LogP contribution in [0, 0.1) is 13.8 Å². The highest BCUT2D eigenvalue weighted by atomic mass is 35.5. The summed E-state index contributed by atoms with van der Waals surface area (Å²) in [4.78, 5) is -1.60. The molecule has 0 aliphatic rings. The molecule has 106 valence electrons. The molecule has 0 unspecified atom stereocenters. The fourth-order valence-electron chi connectivity index (χ4n) is 1.29. The van der Waals surface area contributed by atoms with Crippen molar-refractivity contribution in [3.8, 4) is 0 Å². The molecule has 0 saturated carbocycles. The highest BCUT2D eigenvalue weighted by Gasteiger charge is 2.26. The van der Waals surface area contributed by atoms with E-state index in [2.05, 4.69) is 0 Å². The van der Waals surface area contributed by atoms with Crippen LogP contribution in [-0.2, 0) is 20.2 Å². The second-order valence-electron chi connectivity index (χ2n) is 3.28. The Kier molecular flexibility index (Phi) is 6.85. The summed E-state index contributed by atoms with van der Waals surface area (Å²) in [5.74, 6) is 0. The van der Waals surface area contributed by atoms with Gasteiger partial charge in [-0.1, -0.05) is 6.07 Å². The van der Waals surface area contributed by atoms with E-state index in [0.29, 0.717) is 5.56 Å². The molecule has 0 aliphatic heterocycles. The number of rotatable bonds is 2. The van der Waals surface area contributed by atoms with Crippen LogP contribution >= 0.6 is 24.8 Å². The molecular weight excluding hydrogens is 327 g/mol. The molecule has 0 bridgehead atoms. The molecular formula is C8H12Cl2O6S2. The van der Waals surface area contributed by atoms with Gasteiger partial charge in [0.05, 0.1) is 0 Å². The molecule has 1 aromatic carbocycles. The third-order valence-electron chi connectivity index (χ3n) is 2.18. The molecule has 1 aromatic rings. The average molecular weight is 339 g/mol. The highest BCUT2D eigenvalue weighted by Crippen LogP contribution is 2.26. The van der Waals surface area contributed by atoms with Crippen molar-refractivity contribution in [3.05, 3.63) is 23.3 Å². The zero-order chi connectivity index (χ0) is 12.7. The van der Waals surface area contributed by atoms with Crippen molar-refractivity contribution in [2.75, 3.05) is 0 Å². The lowest BCUT2D eigenvalue weighted by Gasteiger charge is -2.09. The average Bonchev–Trinajstić information content (AvgIpc) is 2.05. The van der Waals surface area contributed by atoms with Crippen molar-refractivity contribution in [3.63, 3.8) is 0 Å². The molecule has 1 rings (SSSR count). The van der Waals surface area contributed by atoms with Crippen molar-refractivity contribution in [1.82, 2.24) is 0 Å². The van der Waals surface area contributed by atoms with Crippen LogP contribution in [0.15, 0.2) is 21.9 Å². The number of hydrogen-bond donors (Lipinski definition) is 2. The first kappa shape index (κ1) is 19.9. The molecule has 0 heterocycles. The van der Waals surface area contributed by atoms with Gasteiger partial charge in [0.15, 0.2) is 0 Å². The first-order valence-electron chi connectivity index (χ1n) is 4.10. The van der Waals surface area contributed by atoms with E-state index in [-0.39, 0.29) is 30.4 Å². The lowest BCUT2D eigenvalue weighted by atomic mass is 10.1. The van der Waals surface area contributed by atoms with E-state index in [0.717, 1.165) is 6.07 Å². The number of hydrogen-bond acceptors (Lipinski definition) is 4. The minimum absolute atomic E-state index is 0. The van der Waals surface area contributed by atoms with Crippen molar-refractivity contribution in [2.45, 2.75) is 23.6 Å². The van der Waals surface area contributed by atoms with Gasteiger partial charge in [0.25, 0.3) is 20.2 Å². The topological polar surface area (TPSA) is 109 Å². The van der Waals surface area contributed by atoms with E-state index >= 15 is 0 Å². The predicted octanol–water partition coefficient (Wildman–Crippen LogP) is 1.64. The minimum Gasteiger partial charge on any atom is -0.282 e. The SMILES string of the molecule is Cc1ccc(S(=O)(=O)O)c(S(=O)(=O)O)c1C.Cl.Cl. The van der Waals surface area contributed by atoms with Crippen LogP contribution < -0.4 is 0 Å². The van der Waals surface area contributed by atoms with Gasteiger partial charge in [0, 0.05) is 0 Å². The monoisotopic (exact) mass is 338 g/mol. The Morgan fingerprint density at radius 2 is 1.33 bits per heavy atom. The van der Waals surface area contributed by atoms with Gasteiger partial charge >= 0.3 is 0 Å². The zero-order valence-electron chi connectivity index (χ0n) is 9.32. The molecule has 0 aromatic heterocycles. The largest absolute Gasteiger partial charge is 0.296 e. The second kappa shape index (κ2) is 6.18. The van der Waals surface area contributed by atoms with E-state index in [1.54, 1.807) is 6.92 Å². The van der Waals surface area contributed by atoms with E-state index < -0.39 is 30.0 Å². The molecule has 2 N–H and O–H groups in total. The fourth-order valence-corrected chi connectivity index (χ4v) is 3.42. The Hall–Kier alpha value is -0.380. The quantitative estimate of drug-likeness (QED) is 0.793. The summed E-state index contributed by atoms with van der Waals surface area (Å²) in [5, 5.41) is 0. The van der Waals surface area contributed by atoms with E-state index in [1.165, 1.54) is 13.0 Å². The maximum Gasteiger partial charge on any atom is 0.296 e. The van der Waals surface area contributed by atoms with Gasteiger partial charge in [-0.25, -0.2) is 0 Å². The molecule has 0 radical (unpaired) electrons. The molecule has 0 saturated heterocycles. The summed E-state index contributed by atoms with van der Waals surface area (Å²) >= 11 is 0. The van der Waals surface area contributed by atoms with Gasteiger partial charge in [0.2, 0.25) is 0 Å². The molecule has 10 heteroatoms. The van der Waals surface area contributed by atoms with Crippen molar-refractivity contribution in [2.24, 2.45) is 0 Å². The third-order valence-corrected chi connectivity index (χ3v) is 4.24. The van der Waals surface area contributed by atoms with Crippen LogP contribution in [0.1, 0.15) is 11.1 Å². The van der Waals surface area contributed by atoms with Crippen LogP contribution in [0.3, 0.4) is 0 Å².